The van der Waals surface area contributed by atoms with Gasteiger partial charge in [-0.2, -0.15) is 0 Å². The molecule has 6 aliphatic rings. The van der Waals surface area contributed by atoms with Crippen LogP contribution in [-0.2, 0) is 16.9 Å². The zero-order valence-corrected chi connectivity index (χ0v) is 32.8. The summed E-state index contributed by atoms with van der Waals surface area (Å²) in [6.45, 7) is 18.8. The molecule has 0 saturated heterocycles. The van der Waals surface area contributed by atoms with Crippen LogP contribution in [0.2, 0.25) is 0 Å². The zero-order valence-electron chi connectivity index (χ0n) is 32.8. The van der Waals surface area contributed by atoms with Crippen molar-refractivity contribution in [3.63, 3.8) is 0 Å². The fraction of sp³-hybridized carbons (Fsp3) is 0.733. The number of hydrogen-bond donors (Lipinski definition) is 2. The molecule has 0 bridgehead atoms. The van der Waals surface area contributed by atoms with Gasteiger partial charge in [0.05, 0.1) is 22.8 Å². The highest BCUT2D eigenvalue weighted by Crippen LogP contribution is 2.77. The van der Waals surface area contributed by atoms with Crippen LogP contribution in [0.4, 0.5) is 0 Å². The largest absolute Gasteiger partial charge is 0.393 e. The van der Waals surface area contributed by atoms with Crippen molar-refractivity contribution in [1.29, 1.82) is 0 Å². The number of amides is 1. The SMILES string of the molecule is C=C[C@@H]1CC[C@]2(C(=O)NC3(c4nc(-c5ccccc5)cn4CCN(C)C)CC3)CC[C@]3(C)[C@H](CC[C@@H]4[C@@]5(C)CC[C@H](O)C(C)(C)[C@@H]5CC[C@]43C)[C@@H]12. The molecule has 6 saturated carbocycles. The predicted molar refractivity (Wildman–Crippen MR) is 206 cm³/mol. The molecule has 6 fully saturated rings. The Labute approximate surface area is 308 Å². The van der Waals surface area contributed by atoms with E-state index in [0.717, 1.165) is 81.5 Å². The number of likely N-dealkylation sites (N-methyl/N-ethyl adjacent to an activating group) is 1. The number of nitrogens with one attached hydrogen (secondary N) is 1. The van der Waals surface area contributed by atoms with Gasteiger partial charge in [-0.15, -0.1) is 6.58 Å². The number of benzene rings is 1. The van der Waals surface area contributed by atoms with Gasteiger partial charge >= 0.3 is 0 Å². The standard InChI is InChI=1S/C45H66N4O2/c1-9-30-17-22-44(39(51)47-45(25-26-45)38-46-33(31-13-11-10-12-14-31)29-49(38)28-27-48(7)8)24-23-42(5)32(37(30)44)15-16-35-41(4)20-19-36(50)40(2,3)34(41)18-21-43(35,42)6/h9-14,29-30,32,34-37,50H,1,15-28H2,2-8H3,(H,47,51)/t30-,32-,34+,35-,36+,37-,41+,42-,43-,44+/m1/s1. The van der Waals surface area contributed by atoms with Crippen molar-refractivity contribution >= 4 is 5.91 Å². The molecule has 2 aromatic rings. The quantitative estimate of drug-likeness (QED) is 0.271. The van der Waals surface area contributed by atoms with Crippen LogP contribution in [-0.4, -0.2) is 52.2 Å². The number of allylic oxidation sites excluding steroid dienone is 1. The van der Waals surface area contributed by atoms with Crippen molar-refractivity contribution < 1.29 is 9.90 Å². The number of aliphatic hydroxyl groups excluding tert-OH is 1. The molecule has 6 heteroatoms. The minimum atomic E-state index is -0.391. The number of aromatic nitrogens is 2. The Morgan fingerprint density at radius 2 is 1.67 bits per heavy atom. The predicted octanol–water partition coefficient (Wildman–Crippen LogP) is 8.85. The maximum Gasteiger partial charge on any atom is 0.227 e. The molecule has 0 aliphatic heterocycles. The van der Waals surface area contributed by atoms with E-state index < -0.39 is 5.54 Å². The minimum absolute atomic E-state index is 0.0346. The van der Waals surface area contributed by atoms with E-state index in [1.165, 1.54) is 25.7 Å². The Balaban J connectivity index is 1.10. The highest BCUT2D eigenvalue weighted by Gasteiger charge is 2.72. The smallest absolute Gasteiger partial charge is 0.227 e. The minimum Gasteiger partial charge on any atom is -0.393 e. The van der Waals surface area contributed by atoms with Gasteiger partial charge in [-0.05, 0) is 142 Å². The van der Waals surface area contributed by atoms with Gasteiger partial charge in [0.2, 0.25) is 5.91 Å². The number of fused-ring (bicyclic) bond motifs is 7. The lowest BCUT2D eigenvalue weighted by atomic mass is 9.32. The van der Waals surface area contributed by atoms with Crippen LogP contribution in [0.25, 0.3) is 11.3 Å². The van der Waals surface area contributed by atoms with Crippen LogP contribution in [0, 0.1) is 56.7 Å². The van der Waals surface area contributed by atoms with E-state index in [1.54, 1.807) is 0 Å². The fourth-order valence-corrected chi connectivity index (χ4v) is 14.2. The van der Waals surface area contributed by atoms with Crippen LogP contribution in [0.15, 0.2) is 49.2 Å². The van der Waals surface area contributed by atoms with Crippen LogP contribution in [0.1, 0.15) is 117 Å². The lowest BCUT2D eigenvalue weighted by Gasteiger charge is -2.72. The molecule has 1 aromatic carbocycles. The Kier molecular flexibility index (Phi) is 8.40. The molecule has 6 aliphatic carbocycles. The third-order valence-corrected chi connectivity index (χ3v) is 17.4. The van der Waals surface area contributed by atoms with E-state index in [9.17, 15) is 5.11 Å². The highest BCUT2D eigenvalue weighted by atomic mass is 16.3. The summed E-state index contributed by atoms with van der Waals surface area (Å²) in [5.74, 6) is 3.80. The lowest BCUT2D eigenvalue weighted by molar-refractivity contribution is -0.246. The maximum absolute atomic E-state index is 15.2. The molecule has 1 amide bonds. The molecule has 2 N–H and O–H groups in total. The molecule has 278 valence electrons. The second-order valence-corrected chi connectivity index (χ2v) is 20.0. The van der Waals surface area contributed by atoms with Crippen molar-refractivity contribution in [2.45, 2.75) is 130 Å². The van der Waals surface area contributed by atoms with E-state index in [2.05, 4.69) is 113 Å². The Bertz CT molecular complexity index is 1660. The van der Waals surface area contributed by atoms with E-state index >= 15 is 4.79 Å². The molecular formula is C45H66N4O2. The van der Waals surface area contributed by atoms with E-state index in [-0.39, 0.29) is 33.2 Å². The van der Waals surface area contributed by atoms with Crippen molar-refractivity contribution in [3.05, 3.63) is 55.0 Å². The molecule has 1 aromatic heterocycles. The third-order valence-electron chi connectivity index (χ3n) is 17.4. The Morgan fingerprint density at radius 3 is 2.35 bits per heavy atom. The number of rotatable bonds is 8. The summed E-state index contributed by atoms with van der Waals surface area (Å²) < 4.78 is 2.33. The van der Waals surface area contributed by atoms with Gasteiger partial charge in [-0.1, -0.05) is 71.0 Å². The lowest BCUT2D eigenvalue weighted by Crippen LogP contribution is -2.67. The summed E-state index contributed by atoms with van der Waals surface area (Å²) in [5, 5.41) is 14.9. The van der Waals surface area contributed by atoms with Crippen molar-refractivity contribution in [3.8, 4) is 11.3 Å². The maximum atomic E-state index is 15.2. The van der Waals surface area contributed by atoms with Gasteiger partial charge in [0.15, 0.2) is 0 Å². The molecular weight excluding hydrogens is 629 g/mol. The van der Waals surface area contributed by atoms with Gasteiger partial charge in [0.1, 0.15) is 5.82 Å². The number of carbonyl (C=O) groups excluding carboxylic acids is 1. The first-order valence-corrected chi connectivity index (χ1v) is 20.6. The van der Waals surface area contributed by atoms with E-state index in [0.29, 0.717) is 35.5 Å². The normalized spacial score (nSPS) is 41.9. The topological polar surface area (TPSA) is 70.4 Å². The van der Waals surface area contributed by atoms with Crippen LogP contribution >= 0.6 is 0 Å². The zero-order chi connectivity index (χ0) is 36.2. The van der Waals surface area contributed by atoms with E-state index in [1.807, 2.05) is 0 Å². The van der Waals surface area contributed by atoms with Crippen LogP contribution < -0.4 is 5.32 Å². The van der Waals surface area contributed by atoms with Gasteiger partial charge in [0, 0.05) is 24.8 Å². The fourth-order valence-electron chi connectivity index (χ4n) is 14.2. The molecule has 1 heterocycles. The molecule has 8 rings (SSSR count). The monoisotopic (exact) mass is 695 g/mol. The summed E-state index contributed by atoms with van der Waals surface area (Å²) >= 11 is 0. The average molecular weight is 695 g/mol. The summed E-state index contributed by atoms with van der Waals surface area (Å²) in [4.78, 5) is 22.7. The third kappa shape index (κ3) is 5.07. The molecule has 6 nitrogen and oxygen atoms in total. The van der Waals surface area contributed by atoms with Crippen LogP contribution in [0.3, 0.4) is 0 Å². The first kappa shape index (κ1) is 35.6. The number of carbonyl (C=O) groups is 1. The number of hydrogen-bond acceptors (Lipinski definition) is 4. The van der Waals surface area contributed by atoms with Gasteiger partial charge in [-0.25, -0.2) is 4.98 Å². The second-order valence-electron chi connectivity index (χ2n) is 20.0. The molecule has 0 unspecified atom stereocenters. The molecule has 51 heavy (non-hydrogen) atoms. The van der Waals surface area contributed by atoms with Gasteiger partial charge < -0.3 is 19.9 Å². The van der Waals surface area contributed by atoms with Gasteiger partial charge in [-0.3, -0.25) is 4.79 Å². The highest BCUT2D eigenvalue weighted by molar-refractivity contribution is 5.85. The molecule has 0 radical (unpaired) electrons. The van der Waals surface area contributed by atoms with Gasteiger partial charge in [0.25, 0.3) is 0 Å². The Hall–Kier alpha value is -2.44. The summed E-state index contributed by atoms with van der Waals surface area (Å²) in [7, 11) is 4.24. The van der Waals surface area contributed by atoms with Crippen molar-refractivity contribution in [2.24, 2.45) is 56.7 Å². The number of nitrogens with zero attached hydrogens (tertiary/aromatic N) is 3. The number of aliphatic hydroxyl groups is 1. The summed E-state index contributed by atoms with van der Waals surface area (Å²) in [6.07, 6.45) is 17.3. The summed E-state index contributed by atoms with van der Waals surface area (Å²) in [5.41, 5.74) is 2.03. The average Bonchev–Trinajstić information content (AvgIpc) is 3.56. The van der Waals surface area contributed by atoms with Crippen molar-refractivity contribution in [1.82, 2.24) is 19.8 Å². The van der Waals surface area contributed by atoms with Crippen molar-refractivity contribution in [2.75, 3.05) is 20.6 Å². The van der Waals surface area contributed by atoms with E-state index in [4.69, 9.17) is 4.98 Å². The number of imidazole rings is 1. The molecule has 0 spiro atoms. The second kappa shape index (κ2) is 12.0. The Morgan fingerprint density at radius 1 is 0.922 bits per heavy atom. The first-order chi connectivity index (χ1) is 24.2. The summed E-state index contributed by atoms with van der Waals surface area (Å²) in [6, 6.07) is 10.5. The first-order valence-electron chi connectivity index (χ1n) is 20.6. The molecule has 10 atom stereocenters. The van der Waals surface area contributed by atoms with Crippen LogP contribution in [0.5, 0.6) is 0 Å².